The maximum atomic E-state index is 13.1. The molecule has 5 rings (SSSR count). The van der Waals surface area contributed by atoms with Crippen molar-refractivity contribution in [2.24, 2.45) is 0 Å². The van der Waals surface area contributed by atoms with Gasteiger partial charge in [0, 0.05) is 16.0 Å². The molecule has 0 N–H and O–H groups in total. The molecule has 4 heteroatoms. The van der Waals surface area contributed by atoms with E-state index in [-0.39, 0.29) is 5.78 Å². The number of para-hydroxylation sites is 1. The van der Waals surface area contributed by atoms with E-state index in [1.807, 2.05) is 72.8 Å². The third-order valence-electron chi connectivity index (χ3n) is 4.62. The van der Waals surface area contributed by atoms with Gasteiger partial charge in [-0.05, 0) is 30.3 Å². The van der Waals surface area contributed by atoms with Crippen molar-refractivity contribution in [3.05, 3.63) is 95.1 Å². The highest BCUT2D eigenvalue weighted by Gasteiger charge is 2.19. The lowest BCUT2D eigenvalue weighted by atomic mass is 10.1. The quantitative estimate of drug-likeness (QED) is 0.390. The molecule has 124 valence electrons. The molecule has 0 fully saturated rings. The second-order valence-electron chi connectivity index (χ2n) is 6.21. The first-order valence-corrected chi connectivity index (χ1v) is 8.69. The van der Waals surface area contributed by atoms with Crippen molar-refractivity contribution >= 4 is 44.8 Å². The van der Waals surface area contributed by atoms with Crippen molar-refractivity contribution in [1.82, 2.24) is 9.38 Å². The molecule has 0 radical (unpaired) electrons. The Morgan fingerprint density at radius 1 is 0.808 bits per heavy atom. The molecule has 0 aliphatic heterocycles. The lowest BCUT2D eigenvalue weighted by Gasteiger charge is -2.09. The molecule has 0 saturated carbocycles. The summed E-state index contributed by atoms with van der Waals surface area (Å²) in [5.41, 5.74) is 4.51. The topological polar surface area (TPSA) is 34.4 Å². The summed E-state index contributed by atoms with van der Waals surface area (Å²) >= 11 is 6.23. The van der Waals surface area contributed by atoms with Gasteiger partial charge in [0.1, 0.15) is 5.69 Å². The largest absolute Gasteiger partial charge is 0.305 e. The van der Waals surface area contributed by atoms with Crippen LogP contribution in [0.1, 0.15) is 16.1 Å². The number of halogens is 1. The SMILES string of the molecule is O=C(c1ccccc1)c1nc2ccc(Cl)cc2n2c1cc1ccccc12. The van der Waals surface area contributed by atoms with Crippen LogP contribution in [-0.2, 0) is 0 Å². The van der Waals surface area contributed by atoms with E-state index in [0.717, 1.165) is 27.5 Å². The number of fused-ring (bicyclic) bond motifs is 5. The van der Waals surface area contributed by atoms with Crippen LogP contribution in [-0.4, -0.2) is 15.2 Å². The molecular formula is C22H13ClN2O. The van der Waals surface area contributed by atoms with Gasteiger partial charge >= 0.3 is 0 Å². The van der Waals surface area contributed by atoms with Gasteiger partial charge in [-0.3, -0.25) is 4.79 Å². The van der Waals surface area contributed by atoms with Gasteiger partial charge in [-0.15, -0.1) is 0 Å². The fourth-order valence-corrected chi connectivity index (χ4v) is 3.60. The molecule has 0 unspecified atom stereocenters. The first-order chi connectivity index (χ1) is 12.7. The zero-order valence-corrected chi connectivity index (χ0v) is 14.4. The van der Waals surface area contributed by atoms with Crippen LogP contribution in [0.15, 0.2) is 78.9 Å². The van der Waals surface area contributed by atoms with Crippen molar-refractivity contribution in [3.63, 3.8) is 0 Å². The van der Waals surface area contributed by atoms with E-state index in [0.29, 0.717) is 16.3 Å². The van der Waals surface area contributed by atoms with Crippen LogP contribution in [0.25, 0.3) is 27.5 Å². The first kappa shape index (κ1) is 15.1. The summed E-state index contributed by atoms with van der Waals surface area (Å²) in [6, 6.07) is 24.9. The second-order valence-corrected chi connectivity index (χ2v) is 6.65. The van der Waals surface area contributed by atoms with Crippen LogP contribution < -0.4 is 0 Å². The monoisotopic (exact) mass is 356 g/mol. The third kappa shape index (κ3) is 2.21. The smallest absolute Gasteiger partial charge is 0.213 e. The van der Waals surface area contributed by atoms with Crippen LogP contribution in [0.3, 0.4) is 0 Å². The van der Waals surface area contributed by atoms with Gasteiger partial charge < -0.3 is 4.40 Å². The van der Waals surface area contributed by atoms with Crippen molar-refractivity contribution < 1.29 is 4.79 Å². The van der Waals surface area contributed by atoms with Crippen LogP contribution >= 0.6 is 11.6 Å². The van der Waals surface area contributed by atoms with Crippen LogP contribution in [0.4, 0.5) is 0 Å². The van der Waals surface area contributed by atoms with Crippen LogP contribution in [0, 0.1) is 0 Å². The van der Waals surface area contributed by atoms with Gasteiger partial charge in [0.25, 0.3) is 0 Å². The molecule has 0 spiro atoms. The minimum Gasteiger partial charge on any atom is -0.305 e. The van der Waals surface area contributed by atoms with E-state index < -0.39 is 0 Å². The van der Waals surface area contributed by atoms with Crippen molar-refractivity contribution in [3.8, 4) is 0 Å². The number of hydrogen-bond acceptors (Lipinski definition) is 2. The van der Waals surface area contributed by atoms with Gasteiger partial charge in [0.15, 0.2) is 0 Å². The Hall–Kier alpha value is -3.17. The molecule has 0 atom stereocenters. The van der Waals surface area contributed by atoms with E-state index in [1.165, 1.54) is 0 Å². The number of rotatable bonds is 2. The van der Waals surface area contributed by atoms with Gasteiger partial charge in [0.05, 0.1) is 22.1 Å². The Morgan fingerprint density at radius 2 is 1.58 bits per heavy atom. The summed E-state index contributed by atoms with van der Waals surface area (Å²) < 4.78 is 2.07. The molecule has 26 heavy (non-hydrogen) atoms. The standard InChI is InChI=1S/C22H13ClN2O/c23-16-10-11-17-19(13-16)25-18-9-5-4-8-15(18)12-20(25)21(24-17)22(26)14-6-2-1-3-7-14/h1-13H. The predicted octanol–water partition coefficient (Wildman–Crippen LogP) is 5.53. The first-order valence-electron chi connectivity index (χ1n) is 8.31. The lowest BCUT2D eigenvalue weighted by Crippen LogP contribution is -2.07. The Balaban J connectivity index is 1.94. The van der Waals surface area contributed by atoms with Crippen molar-refractivity contribution in [1.29, 1.82) is 0 Å². The minimum atomic E-state index is -0.0877. The maximum Gasteiger partial charge on any atom is 0.213 e. The molecular weight excluding hydrogens is 344 g/mol. The molecule has 0 amide bonds. The van der Waals surface area contributed by atoms with Gasteiger partial charge in [-0.1, -0.05) is 60.1 Å². The Labute approximate surface area is 154 Å². The number of carbonyl (C=O) groups excluding carboxylic acids is 1. The number of ketones is 1. The average molecular weight is 357 g/mol. The maximum absolute atomic E-state index is 13.1. The fourth-order valence-electron chi connectivity index (χ4n) is 3.43. The minimum absolute atomic E-state index is 0.0877. The third-order valence-corrected chi connectivity index (χ3v) is 4.85. The average Bonchev–Trinajstić information content (AvgIpc) is 3.07. The number of nitrogens with zero attached hydrogens (tertiary/aromatic N) is 2. The molecule has 2 heterocycles. The van der Waals surface area contributed by atoms with E-state index in [9.17, 15) is 4.79 Å². The van der Waals surface area contributed by atoms with E-state index >= 15 is 0 Å². The fraction of sp³-hybridized carbons (Fsp3) is 0. The normalized spacial score (nSPS) is 11.4. The van der Waals surface area contributed by atoms with E-state index in [2.05, 4.69) is 9.38 Å². The van der Waals surface area contributed by atoms with Gasteiger partial charge in [-0.2, -0.15) is 0 Å². The van der Waals surface area contributed by atoms with Gasteiger partial charge in [-0.25, -0.2) is 4.98 Å². The summed E-state index contributed by atoms with van der Waals surface area (Å²) in [5.74, 6) is -0.0877. The van der Waals surface area contributed by atoms with Crippen LogP contribution in [0.5, 0.6) is 0 Å². The summed E-state index contributed by atoms with van der Waals surface area (Å²) in [6.07, 6.45) is 0. The molecule has 0 aliphatic rings. The van der Waals surface area contributed by atoms with E-state index in [1.54, 1.807) is 6.07 Å². The molecule has 5 aromatic rings. The highest BCUT2D eigenvalue weighted by Crippen LogP contribution is 2.29. The summed E-state index contributed by atoms with van der Waals surface area (Å²) in [6.45, 7) is 0. The molecule has 0 bridgehead atoms. The molecule has 3 nitrogen and oxygen atoms in total. The van der Waals surface area contributed by atoms with Crippen LogP contribution in [0.2, 0.25) is 5.02 Å². The number of carbonyl (C=O) groups is 1. The lowest BCUT2D eigenvalue weighted by molar-refractivity contribution is 0.103. The Bertz CT molecular complexity index is 1310. The highest BCUT2D eigenvalue weighted by atomic mass is 35.5. The van der Waals surface area contributed by atoms with E-state index in [4.69, 9.17) is 11.6 Å². The molecule has 2 aromatic heterocycles. The predicted molar refractivity (Wildman–Crippen MR) is 105 cm³/mol. The molecule has 3 aromatic carbocycles. The van der Waals surface area contributed by atoms with Crippen molar-refractivity contribution in [2.75, 3.05) is 0 Å². The van der Waals surface area contributed by atoms with Crippen molar-refractivity contribution in [2.45, 2.75) is 0 Å². The molecule has 0 aliphatic carbocycles. The number of hydrogen-bond donors (Lipinski definition) is 0. The number of aromatic nitrogens is 2. The zero-order valence-electron chi connectivity index (χ0n) is 13.7. The number of benzene rings is 3. The molecule has 0 saturated heterocycles. The Morgan fingerprint density at radius 3 is 2.42 bits per heavy atom. The second kappa shape index (κ2) is 5.68. The summed E-state index contributed by atoms with van der Waals surface area (Å²) in [4.78, 5) is 17.8. The highest BCUT2D eigenvalue weighted by molar-refractivity contribution is 6.31. The van der Waals surface area contributed by atoms with Gasteiger partial charge in [0.2, 0.25) is 5.78 Å². The zero-order chi connectivity index (χ0) is 17.7. The Kier molecular flexibility index (Phi) is 3.30. The summed E-state index contributed by atoms with van der Waals surface area (Å²) in [7, 11) is 0. The summed E-state index contributed by atoms with van der Waals surface area (Å²) in [5, 5.41) is 1.70.